The molecular formula is C21H22N2O3S2. The van der Waals surface area contributed by atoms with Gasteiger partial charge in [-0.1, -0.05) is 23.5 Å². The van der Waals surface area contributed by atoms with E-state index >= 15 is 0 Å². The van der Waals surface area contributed by atoms with Crippen LogP contribution in [0.5, 0.6) is 11.5 Å². The standard InChI is InChI=1S/C21H22N2O3S2/c1-13-10-15-19(11-14(13)2)28-21(23(15)8-9-27-3)22-20(24)18-12-25-16-6-4-5-7-17(16)26-18/h4-7,10-11,18H,8-9,12H2,1-3H3. The van der Waals surface area contributed by atoms with Crippen LogP contribution in [0.25, 0.3) is 10.2 Å². The molecule has 28 heavy (non-hydrogen) atoms. The van der Waals surface area contributed by atoms with E-state index in [-0.39, 0.29) is 12.5 Å². The molecular weight excluding hydrogens is 392 g/mol. The zero-order chi connectivity index (χ0) is 19.7. The molecule has 2 aromatic carbocycles. The summed E-state index contributed by atoms with van der Waals surface area (Å²) in [7, 11) is 0. The van der Waals surface area contributed by atoms with E-state index in [9.17, 15) is 4.79 Å². The second-order valence-electron chi connectivity index (χ2n) is 6.75. The number of nitrogens with zero attached hydrogens (tertiary/aromatic N) is 2. The van der Waals surface area contributed by atoms with Crippen molar-refractivity contribution in [2.24, 2.45) is 4.99 Å². The van der Waals surface area contributed by atoms with Crippen LogP contribution in [0.2, 0.25) is 0 Å². The molecule has 146 valence electrons. The van der Waals surface area contributed by atoms with Crippen molar-refractivity contribution in [3.8, 4) is 11.5 Å². The topological polar surface area (TPSA) is 52.8 Å². The van der Waals surface area contributed by atoms with Crippen LogP contribution in [-0.4, -0.2) is 35.2 Å². The first kappa shape index (κ1) is 19.1. The molecule has 1 amide bonds. The molecule has 3 aromatic rings. The molecule has 4 rings (SSSR count). The largest absolute Gasteiger partial charge is 0.485 e. The van der Waals surface area contributed by atoms with Gasteiger partial charge < -0.3 is 14.0 Å². The molecule has 7 heteroatoms. The molecule has 0 saturated carbocycles. The summed E-state index contributed by atoms with van der Waals surface area (Å²) in [5.74, 6) is 1.89. The predicted octanol–water partition coefficient (Wildman–Crippen LogP) is 3.95. The number of carbonyl (C=O) groups excluding carboxylic acids is 1. The van der Waals surface area contributed by atoms with E-state index in [2.05, 4.69) is 41.8 Å². The number of amides is 1. The van der Waals surface area contributed by atoms with Crippen LogP contribution >= 0.6 is 23.1 Å². The number of benzene rings is 2. The van der Waals surface area contributed by atoms with Gasteiger partial charge in [-0.25, -0.2) is 0 Å². The minimum atomic E-state index is -0.724. The van der Waals surface area contributed by atoms with E-state index in [4.69, 9.17) is 9.47 Å². The second kappa shape index (κ2) is 8.01. The Kier molecular flexibility index (Phi) is 5.46. The van der Waals surface area contributed by atoms with E-state index in [0.29, 0.717) is 16.3 Å². The summed E-state index contributed by atoms with van der Waals surface area (Å²) in [6, 6.07) is 11.7. The van der Waals surface area contributed by atoms with Crippen molar-refractivity contribution in [3.05, 3.63) is 52.3 Å². The SMILES string of the molecule is CSCCn1c(=NC(=O)C2COc3ccccc3O2)sc2cc(C)c(C)cc21. The van der Waals surface area contributed by atoms with Crippen molar-refractivity contribution >= 4 is 39.2 Å². The number of carbonyl (C=O) groups is 1. The highest BCUT2D eigenvalue weighted by atomic mass is 32.2. The molecule has 1 aromatic heterocycles. The Bertz CT molecular complexity index is 1100. The van der Waals surface area contributed by atoms with E-state index in [1.165, 1.54) is 11.1 Å². The van der Waals surface area contributed by atoms with Crippen LogP contribution < -0.4 is 14.3 Å². The van der Waals surface area contributed by atoms with Gasteiger partial charge in [0.2, 0.25) is 6.10 Å². The summed E-state index contributed by atoms with van der Waals surface area (Å²) in [6.07, 6.45) is 1.36. The third-order valence-electron chi connectivity index (χ3n) is 4.81. The number of rotatable bonds is 4. The predicted molar refractivity (Wildman–Crippen MR) is 115 cm³/mol. The monoisotopic (exact) mass is 414 g/mol. The Hall–Kier alpha value is -2.25. The zero-order valence-corrected chi connectivity index (χ0v) is 17.7. The highest BCUT2D eigenvalue weighted by Crippen LogP contribution is 2.31. The van der Waals surface area contributed by atoms with Crippen LogP contribution in [-0.2, 0) is 11.3 Å². The zero-order valence-electron chi connectivity index (χ0n) is 16.1. The third-order valence-corrected chi connectivity index (χ3v) is 6.44. The van der Waals surface area contributed by atoms with Crippen molar-refractivity contribution in [3.63, 3.8) is 0 Å². The highest BCUT2D eigenvalue weighted by molar-refractivity contribution is 7.98. The number of hydrogen-bond acceptors (Lipinski definition) is 5. The maximum Gasteiger partial charge on any atom is 0.292 e. The number of fused-ring (bicyclic) bond motifs is 2. The Balaban J connectivity index is 1.71. The molecule has 1 unspecified atom stereocenters. The fraction of sp³-hybridized carbons (Fsp3) is 0.333. The van der Waals surface area contributed by atoms with Crippen LogP contribution in [0.15, 0.2) is 41.4 Å². The van der Waals surface area contributed by atoms with Gasteiger partial charge in [0, 0.05) is 12.3 Å². The number of thioether (sulfide) groups is 1. The first-order chi connectivity index (χ1) is 13.6. The summed E-state index contributed by atoms with van der Waals surface area (Å²) >= 11 is 3.32. The highest BCUT2D eigenvalue weighted by Gasteiger charge is 2.27. The minimum absolute atomic E-state index is 0.174. The average Bonchev–Trinajstić information content (AvgIpc) is 3.02. The molecule has 2 heterocycles. The molecule has 1 atom stereocenters. The van der Waals surface area contributed by atoms with Gasteiger partial charge in [0.15, 0.2) is 16.3 Å². The molecule has 0 spiro atoms. The molecule has 0 saturated heterocycles. The minimum Gasteiger partial charge on any atom is -0.485 e. The number of thiazole rings is 1. The normalized spacial score (nSPS) is 16.5. The molecule has 1 aliphatic rings. The van der Waals surface area contributed by atoms with Gasteiger partial charge in [0.05, 0.1) is 10.2 Å². The molecule has 1 aliphatic heterocycles. The van der Waals surface area contributed by atoms with Crippen LogP contribution in [0.4, 0.5) is 0 Å². The van der Waals surface area contributed by atoms with E-state index in [1.54, 1.807) is 29.2 Å². The maximum atomic E-state index is 12.8. The van der Waals surface area contributed by atoms with E-state index in [0.717, 1.165) is 22.5 Å². The Morgan fingerprint density at radius 2 is 2.00 bits per heavy atom. The number of ether oxygens (including phenoxy) is 2. The molecule has 0 bridgehead atoms. The molecule has 0 N–H and O–H groups in total. The van der Waals surface area contributed by atoms with Gasteiger partial charge in [0.1, 0.15) is 6.61 Å². The van der Waals surface area contributed by atoms with Gasteiger partial charge in [0.25, 0.3) is 5.91 Å². The third kappa shape index (κ3) is 3.69. The number of hydrogen-bond donors (Lipinski definition) is 0. The summed E-state index contributed by atoms with van der Waals surface area (Å²) in [5.41, 5.74) is 3.60. The first-order valence-corrected chi connectivity index (χ1v) is 11.3. The molecule has 5 nitrogen and oxygen atoms in total. The summed E-state index contributed by atoms with van der Waals surface area (Å²) in [6.45, 7) is 5.19. The lowest BCUT2D eigenvalue weighted by Gasteiger charge is -2.23. The van der Waals surface area contributed by atoms with Crippen LogP contribution in [0, 0.1) is 13.8 Å². The Morgan fingerprint density at radius 1 is 1.25 bits per heavy atom. The number of aromatic nitrogens is 1. The van der Waals surface area contributed by atoms with Crippen molar-refractivity contribution in [2.45, 2.75) is 26.5 Å². The van der Waals surface area contributed by atoms with Crippen molar-refractivity contribution in [1.29, 1.82) is 0 Å². The van der Waals surface area contributed by atoms with Gasteiger partial charge in [-0.15, -0.1) is 0 Å². The lowest BCUT2D eigenvalue weighted by Crippen LogP contribution is -2.36. The first-order valence-electron chi connectivity index (χ1n) is 9.13. The van der Waals surface area contributed by atoms with Gasteiger partial charge in [-0.05, 0) is 55.5 Å². The smallest absolute Gasteiger partial charge is 0.292 e. The maximum absolute atomic E-state index is 12.8. The van der Waals surface area contributed by atoms with Gasteiger partial charge >= 0.3 is 0 Å². The lowest BCUT2D eigenvalue weighted by molar-refractivity contribution is -0.127. The Morgan fingerprint density at radius 3 is 2.79 bits per heavy atom. The Labute approximate surface area is 172 Å². The summed E-state index contributed by atoms with van der Waals surface area (Å²) in [4.78, 5) is 18.0. The van der Waals surface area contributed by atoms with Crippen LogP contribution in [0.1, 0.15) is 11.1 Å². The number of aryl methyl sites for hydroxylation is 3. The fourth-order valence-corrected chi connectivity index (χ4v) is 4.62. The van der Waals surface area contributed by atoms with Crippen molar-refractivity contribution in [2.75, 3.05) is 18.6 Å². The van der Waals surface area contributed by atoms with E-state index in [1.807, 2.05) is 18.2 Å². The molecule has 0 fully saturated rings. The van der Waals surface area contributed by atoms with Crippen LogP contribution in [0.3, 0.4) is 0 Å². The summed E-state index contributed by atoms with van der Waals surface area (Å²) < 4.78 is 14.8. The number of para-hydroxylation sites is 2. The average molecular weight is 415 g/mol. The molecule has 0 radical (unpaired) electrons. The molecule has 0 aliphatic carbocycles. The lowest BCUT2D eigenvalue weighted by atomic mass is 10.1. The van der Waals surface area contributed by atoms with Crippen molar-refractivity contribution < 1.29 is 14.3 Å². The second-order valence-corrected chi connectivity index (χ2v) is 8.74. The quantitative estimate of drug-likeness (QED) is 0.649. The summed E-state index contributed by atoms with van der Waals surface area (Å²) in [5, 5.41) is 0. The van der Waals surface area contributed by atoms with Crippen molar-refractivity contribution in [1.82, 2.24) is 4.57 Å². The van der Waals surface area contributed by atoms with Gasteiger partial charge in [-0.3, -0.25) is 4.79 Å². The fourth-order valence-electron chi connectivity index (χ4n) is 3.11. The van der Waals surface area contributed by atoms with Gasteiger partial charge in [-0.2, -0.15) is 16.8 Å². The van der Waals surface area contributed by atoms with E-state index < -0.39 is 6.10 Å².